The van der Waals surface area contributed by atoms with Crippen LogP contribution < -0.4 is 15.1 Å². The van der Waals surface area contributed by atoms with Crippen molar-refractivity contribution in [2.45, 2.75) is 39.8 Å². The molecule has 1 atom stereocenters. The van der Waals surface area contributed by atoms with Crippen LogP contribution in [0.5, 0.6) is 0 Å². The van der Waals surface area contributed by atoms with E-state index in [2.05, 4.69) is 34.0 Å². The van der Waals surface area contributed by atoms with Gasteiger partial charge >= 0.3 is 0 Å². The molecule has 0 saturated heterocycles. The Morgan fingerprint density at radius 3 is 2.58 bits per heavy atom. The van der Waals surface area contributed by atoms with Crippen molar-refractivity contribution < 1.29 is 9.18 Å². The maximum absolute atomic E-state index is 13.5. The molecule has 1 aliphatic rings. The highest BCUT2D eigenvalue weighted by Gasteiger charge is 2.34. The van der Waals surface area contributed by atoms with Crippen LogP contribution in [0.3, 0.4) is 0 Å². The van der Waals surface area contributed by atoms with Gasteiger partial charge in [-0.15, -0.1) is 0 Å². The lowest BCUT2D eigenvalue weighted by Gasteiger charge is -2.42. The molecule has 0 bridgehead atoms. The smallest absolute Gasteiger partial charge is 0.249 e. The minimum absolute atomic E-state index is 0.0765. The molecule has 0 radical (unpaired) electrons. The van der Waals surface area contributed by atoms with Crippen LogP contribution in [0.2, 0.25) is 0 Å². The molecule has 0 saturated carbocycles. The number of aromatic nitrogens is 2. The summed E-state index contributed by atoms with van der Waals surface area (Å²) in [4.78, 5) is 25.4. The Kier molecular flexibility index (Phi) is 5.35. The van der Waals surface area contributed by atoms with Crippen molar-refractivity contribution in [3.05, 3.63) is 60.0 Å². The molecule has 7 heteroatoms. The zero-order valence-electron chi connectivity index (χ0n) is 18.3. The van der Waals surface area contributed by atoms with Gasteiger partial charge in [0.1, 0.15) is 11.9 Å². The predicted molar refractivity (Wildman–Crippen MR) is 122 cm³/mol. The molecule has 2 aromatic carbocycles. The zero-order chi connectivity index (χ0) is 22.3. The fourth-order valence-corrected chi connectivity index (χ4v) is 4.16. The third-order valence-corrected chi connectivity index (χ3v) is 5.65. The molecule has 31 heavy (non-hydrogen) atoms. The fraction of sp³-hybridized carbons (Fsp3) is 0.292. The van der Waals surface area contributed by atoms with Crippen molar-refractivity contribution >= 4 is 28.9 Å². The van der Waals surface area contributed by atoms with Gasteiger partial charge in [-0.2, -0.15) is 0 Å². The molecular weight excluding hydrogens is 393 g/mol. The number of anilines is 4. The first kappa shape index (κ1) is 20.8. The van der Waals surface area contributed by atoms with Crippen LogP contribution >= 0.6 is 0 Å². The molecule has 1 aromatic heterocycles. The number of benzene rings is 2. The van der Waals surface area contributed by atoms with Gasteiger partial charge in [0.2, 0.25) is 11.9 Å². The predicted octanol–water partition coefficient (Wildman–Crippen LogP) is 4.91. The lowest BCUT2D eigenvalue weighted by molar-refractivity contribution is -0.119. The molecule has 0 aliphatic carbocycles. The SMILES string of the molecule is Cc1cc(F)ccc1-c1ccnc(Nc2ccc3c(c2)N(C(C)C)[C@H](C)C(=O)N3C)n1. The summed E-state index contributed by atoms with van der Waals surface area (Å²) in [6.45, 7) is 7.95. The summed E-state index contributed by atoms with van der Waals surface area (Å²) in [7, 11) is 1.81. The molecule has 2 heterocycles. The van der Waals surface area contributed by atoms with Crippen molar-refractivity contribution in [2.24, 2.45) is 0 Å². The molecule has 0 spiro atoms. The van der Waals surface area contributed by atoms with E-state index in [-0.39, 0.29) is 23.8 Å². The van der Waals surface area contributed by atoms with Crippen LogP contribution in [0.25, 0.3) is 11.3 Å². The summed E-state index contributed by atoms with van der Waals surface area (Å²) in [5.41, 5.74) is 5.08. The number of fused-ring (bicyclic) bond motifs is 1. The number of carbonyl (C=O) groups excluding carboxylic acids is 1. The highest BCUT2D eigenvalue weighted by Crippen LogP contribution is 2.39. The molecule has 160 valence electrons. The van der Waals surface area contributed by atoms with Crippen molar-refractivity contribution in [1.29, 1.82) is 0 Å². The maximum atomic E-state index is 13.5. The molecule has 1 aliphatic heterocycles. The lowest BCUT2D eigenvalue weighted by Crippen LogP contribution is -2.53. The maximum Gasteiger partial charge on any atom is 0.249 e. The van der Waals surface area contributed by atoms with E-state index in [1.165, 1.54) is 12.1 Å². The number of likely N-dealkylation sites (N-methyl/N-ethyl adjacent to an activating group) is 1. The number of nitrogens with one attached hydrogen (secondary N) is 1. The minimum atomic E-state index is -0.268. The van der Waals surface area contributed by atoms with Gasteiger partial charge in [0.05, 0.1) is 17.1 Å². The second kappa shape index (κ2) is 7.98. The number of aryl methyl sites for hydroxylation is 1. The minimum Gasteiger partial charge on any atom is -0.356 e. The molecular formula is C24H26FN5O. The molecule has 3 aromatic rings. The second-order valence-electron chi connectivity index (χ2n) is 8.13. The number of nitrogens with zero attached hydrogens (tertiary/aromatic N) is 4. The van der Waals surface area contributed by atoms with Crippen LogP contribution in [0.1, 0.15) is 26.3 Å². The first-order valence-corrected chi connectivity index (χ1v) is 10.3. The molecule has 1 amide bonds. The number of hydrogen-bond donors (Lipinski definition) is 1. The Bertz CT molecular complexity index is 1150. The molecule has 0 fully saturated rings. The number of halogens is 1. The van der Waals surface area contributed by atoms with Crippen molar-refractivity contribution in [3.63, 3.8) is 0 Å². The first-order chi connectivity index (χ1) is 14.8. The average Bonchev–Trinajstić information content (AvgIpc) is 2.72. The summed E-state index contributed by atoms with van der Waals surface area (Å²) in [6, 6.07) is 12.3. The number of rotatable bonds is 4. The number of carbonyl (C=O) groups is 1. The van der Waals surface area contributed by atoms with Gasteiger partial charge < -0.3 is 15.1 Å². The van der Waals surface area contributed by atoms with E-state index in [9.17, 15) is 9.18 Å². The second-order valence-corrected chi connectivity index (χ2v) is 8.13. The van der Waals surface area contributed by atoms with Gasteiger partial charge in [0.25, 0.3) is 0 Å². The quantitative estimate of drug-likeness (QED) is 0.651. The number of hydrogen-bond acceptors (Lipinski definition) is 5. The Hall–Kier alpha value is -3.48. The standard InChI is InChI=1S/C24H26FN5O/c1-14(2)30-16(4)23(31)29(5)21-9-7-18(13-22(21)30)27-24-26-11-10-20(28-24)19-8-6-17(25)12-15(19)3/h6-14,16H,1-5H3,(H,26,27,28)/t16-/m1/s1. The summed E-state index contributed by atoms with van der Waals surface area (Å²) in [5.74, 6) is 0.258. The van der Waals surface area contributed by atoms with Gasteiger partial charge in [0.15, 0.2) is 0 Å². The van der Waals surface area contributed by atoms with Gasteiger partial charge in [-0.1, -0.05) is 0 Å². The Morgan fingerprint density at radius 1 is 1.10 bits per heavy atom. The topological polar surface area (TPSA) is 61.4 Å². The molecule has 4 rings (SSSR count). The van der Waals surface area contributed by atoms with Crippen LogP contribution in [0, 0.1) is 12.7 Å². The van der Waals surface area contributed by atoms with E-state index in [0.717, 1.165) is 33.9 Å². The molecule has 0 unspecified atom stereocenters. The van der Waals surface area contributed by atoms with Gasteiger partial charge in [-0.3, -0.25) is 4.79 Å². The Balaban J connectivity index is 1.68. The summed E-state index contributed by atoms with van der Waals surface area (Å²) < 4.78 is 13.5. The van der Waals surface area contributed by atoms with Gasteiger partial charge in [-0.05, 0) is 75.7 Å². The van der Waals surface area contributed by atoms with Crippen LogP contribution in [-0.4, -0.2) is 35.0 Å². The lowest BCUT2D eigenvalue weighted by atomic mass is 10.0. The van der Waals surface area contributed by atoms with E-state index in [0.29, 0.717) is 5.95 Å². The summed E-state index contributed by atoms with van der Waals surface area (Å²) in [6.07, 6.45) is 1.68. The summed E-state index contributed by atoms with van der Waals surface area (Å²) >= 11 is 0. The molecule has 1 N–H and O–H groups in total. The van der Waals surface area contributed by atoms with Crippen LogP contribution in [0.4, 0.5) is 27.4 Å². The Labute approximate surface area is 181 Å². The zero-order valence-corrected chi connectivity index (χ0v) is 18.3. The van der Waals surface area contributed by atoms with Crippen LogP contribution in [0.15, 0.2) is 48.7 Å². The van der Waals surface area contributed by atoms with Crippen molar-refractivity contribution in [2.75, 3.05) is 22.2 Å². The van der Waals surface area contributed by atoms with Gasteiger partial charge in [-0.25, -0.2) is 14.4 Å². The first-order valence-electron chi connectivity index (χ1n) is 10.3. The number of amides is 1. The van der Waals surface area contributed by atoms with Crippen LogP contribution in [-0.2, 0) is 4.79 Å². The van der Waals surface area contributed by atoms with E-state index < -0.39 is 0 Å². The monoisotopic (exact) mass is 419 g/mol. The van der Waals surface area contributed by atoms with E-state index in [1.807, 2.05) is 32.0 Å². The fourth-order valence-electron chi connectivity index (χ4n) is 4.16. The van der Waals surface area contributed by atoms with Crippen molar-refractivity contribution in [3.8, 4) is 11.3 Å². The third kappa shape index (κ3) is 3.83. The van der Waals surface area contributed by atoms with E-state index >= 15 is 0 Å². The highest BCUT2D eigenvalue weighted by atomic mass is 19.1. The Morgan fingerprint density at radius 2 is 1.87 bits per heavy atom. The normalized spacial score (nSPS) is 16.0. The largest absolute Gasteiger partial charge is 0.356 e. The van der Waals surface area contributed by atoms with Gasteiger partial charge in [0, 0.05) is 30.5 Å². The highest BCUT2D eigenvalue weighted by molar-refractivity contribution is 6.05. The van der Waals surface area contributed by atoms with Crippen molar-refractivity contribution in [1.82, 2.24) is 9.97 Å². The average molecular weight is 420 g/mol. The molecule has 6 nitrogen and oxygen atoms in total. The summed E-state index contributed by atoms with van der Waals surface area (Å²) in [5, 5.41) is 3.27. The third-order valence-electron chi connectivity index (χ3n) is 5.65. The van der Waals surface area contributed by atoms with E-state index in [4.69, 9.17) is 0 Å². The van der Waals surface area contributed by atoms with E-state index in [1.54, 1.807) is 30.3 Å².